The summed E-state index contributed by atoms with van der Waals surface area (Å²) in [6.45, 7) is 1.53. The van der Waals surface area contributed by atoms with Crippen molar-refractivity contribution in [3.8, 4) is 10.6 Å². The van der Waals surface area contributed by atoms with Gasteiger partial charge < -0.3 is 5.73 Å². The monoisotopic (exact) mass is 219 g/mol. The minimum absolute atomic E-state index is 0.0133. The molecular weight excluding hydrogens is 210 g/mol. The van der Waals surface area contributed by atoms with Crippen LogP contribution in [-0.4, -0.2) is 16.0 Å². The Bertz CT molecular complexity index is 507. The molecule has 0 unspecified atom stereocenters. The van der Waals surface area contributed by atoms with Gasteiger partial charge in [0.1, 0.15) is 5.01 Å². The molecule has 76 valence electrons. The van der Waals surface area contributed by atoms with E-state index in [2.05, 4.69) is 10.2 Å². The lowest BCUT2D eigenvalue weighted by Crippen LogP contribution is -1.95. The van der Waals surface area contributed by atoms with Crippen molar-refractivity contribution < 1.29 is 4.79 Å². The number of hydrogen-bond acceptors (Lipinski definition) is 5. The third-order valence-electron chi connectivity index (χ3n) is 1.98. The van der Waals surface area contributed by atoms with Gasteiger partial charge in [0, 0.05) is 11.1 Å². The molecule has 0 radical (unpaired) electrons. The number of nitrogens with two attached hydrogens (primary N) is 1. The molecule has 5 heteroatoms. The highest BCUT2D eigenvalue weighted by Gasteiger charge is 2.11. The van der Waals surface area contributed by atoms with E-state index < -0.39 is 0 Å². The van der Waals surface area contributed by atoms with E-state index in [4.69, 9.17) is 5.73 Å². The molecule has 15 heavy (non-hydrogen) atoms. The number of carbonyl (C=O) groups excluding carboxylic acids is 1. The summed E-state index contributed by atoms with van der Waals surface area (Å²) in [6.07, 6.45) is 0. The molecule has 4 nitrogen and oxygen atoms in total. The minimum atomic E-state index is 0.0133. The maximum Gasteiger partial charge on any atom is 0.203 e. The Morgan fingerprint density at radius 1 is 1.33 bits per heavy atom. The van der Waals surface area contributed by atoms with E-state index in [1.807, 2.05) is 18.2 Å². The fourth-order valence-corrected chi connectivity index (χ4v) is 1.97. The van der Waals surface area contributed by atoms with Crippen molar-refractivity contribution >= 4 is 22.3 Å². The first-order valence-electron chi connectivity index (χ1n) is 4.38. The van der Waals surface area contributed by atoms with E-state index in [9.17, 15) is 4.79 Å². The van der Waals surface area contributed by atoms with Crippen molar-refractivity contribution in [1.29, 1.82) is 0 Å². The van der Waals surface area contributed by atoms with E-state index in [0.29, 0.717) is 15.7 Å². The van der Waals surface area contributed by atoms with Crippen LogP contribution < -0.4 is 5.73 Å². The molecule has 0 spiro atoms. The van der Waals surface area contributed by atoms with Crippen molar-refractivity contribution in [2.75, 3.05) is 5.73 Å². The number of rotatable bonds is 2. The minimum Gasteiger partial charge on any atom is -0.374 e. The van der Waals surface area contributed by atoms with E-state index in [-0.39, 0.29) is 5.78 Å². The first-order valence-corrected chi connectivity index (χ1v) is 5.19. The maximum absolute atomic E-state index is 11.4. The normalized spacial score (nSPS) is 10.2. The molecule has 1 aromatic heterocycles. The quantitative estimate of drug-likeness (QED) is 0.784. The molecule has 0 aliphatic carbocycles. The molecule has 0 bridgehead atoms. The highest BCUT2D eigenvalue weighted by Crippen LogP contribution is 2.27. The van der Waals surface area contributed by atoms with Gasteiger partial charge in [0.15, 0.2) is 5.78 Å². The Kier molecular flexibility index (Phi) is 2.47. The number of nitrogen functional groups attached to an aromatic ring is 1. The topological polar surface area (TPSA) is 68.9 Å². The molecule has 0 amide bonds. The van der Waals surface area contributed by atoms with Gasteiger partial charge in [-0.15, -0.1) is 10.2 Å². The molecule has 2 aromatic rings. The van der Waals surface area contributed by atoms with E-state index in [0.717, 1.165) is 5.56 Å². The van der Waals surface area contributed by atoms with Gasteiger partial charge in [-0.1, -0.05) is 35.6 Å². The van der Waals surface area contributed by atoms with Crippen LogP contribution in [-0.2, 0) is 0 Å². The molecule has 0 fully saturated rings. The second kappa shape index (κ2) is 3.78. The number of benzene rings is 1. The Labute approximate surface area is 90.8 Å². The van der Waals surface area contributed by atoms with Gasteiger partial charge in [-0.25, -0.2) is 0 Å². The van der Waals surface area contributed by atoms with Crippen molar-refractivity contribution in [2.24, 2.45) is 0 Å². The summed E-state index contributed by atoms with van der Waals surface area (Å²) in [6, 6.07) is 7.30. The summed E-state index contributed by atoms with van der Waals surface area (Å²) in [5.41, 5.74) is 6.94. The molecule has 2 N–H and O–H groups in total. The first-order chi connectivity index (χ1) is 7.18. The first kappa shape index (κ1) is 9.79. The number of carbonyl (C=O) groups is 1. The molecule has 2 rings (SSSR count). The van der Waals surface area contributed by atoms with Crippen molar-refractivity contribution in [2.45, 2.75) is 6.92 Å². The molecule has 1 heterocycles. The fourth-order valence-electron chi connectivity index (χ4n) is 1.32. The van der Waals surface area contributed by atoms with Gasteiger partial charge in [-0.05, 0) is 6.92 Å². The van der Waals surface area contributed by atoms with Crippen LogP contribution in [0.2, 0.25) is 0 Å². The van der Waals surface area contributed by atoms with Gasteiger partial charge in [-0.2, -0.15) is 0 Å². The van der Waals surface area contributed by atoms with Crippen LogP contribution in [0.3, 0.4) is 0 Å². The number of hydrogen-bond donors (Lipinski definition) is 1. The molecule has 1 aromatic carbocycles. The van der Waals surface area contributed by atoms with Crippen LogP contribution in [0, 0.1) is 0 Å². The zero-order valence-corrected chi connectivity index (χ0v) is 8.91. The van der Waals surface area contributed by atoms with Crippen LogP contribution in [0.15, 0.2) is 24.3 Å². The second-order valence-corrected chi connectivity index (χ2v) is 4.06. The number of ketones is 1. The number of nitrogens with zero attached hydrogens (tertiary/aromatic N) is 2. The Balaban J connectivity index is 2.57. The second-order valence-electron chi connectivity index (χ2n) is 3.05. The zero-order valence-electron chi connectivity index (χ0n) is 8.10. The smallest absolute Gasteiger partial charge is 0.203 e. The maximum atomic E-state index is 11.4. The van der Waals surface area contributed by atoms with E-state index in [1.54, 1.807) is 6.07 Å². The van der Waals surface area contributed by atoms with Crippen LogP contribution in [0.4, 0.5) is 5.13 Å². The van der Waals surface area contributed by atoms with Crippen LogP contribution in [0.1, 0.15) is 17.3 Å². The predicted octanol–water partition coefficient (Wildman–Crippen LogP) is 1.99. The highest BCUT2D eigenvalue weighted by atomic mass is 32.1. The lowest BCUT2D eigenvalue weighted by Gasteiger charge is -2.01. The molecule has 0 atom stereocenters. The molecule has 0 saturated heterocycles. The van der Waals surface area contributed by atoms with Crippen molar-refractivity contribution in [1.82, 2.24) is 10.2 Å². The lowest BCUT2D eigenvalue weighted by molar-refractivity contribution is 0.101. The fraction of sp³-hybridized carbons (Fsp3) is 0.100. The van der Waals surface area contributed by atoms with Crippen LogP contribution in [0.25, 0.3) is 10.6 Å². The summed E-state index contributed by atoms with van der Waals surface area (Å²) >= 11 is 1.28. The Hall–Kier alpha value is -1.75. The Morgan fingerprint density at radius 2 is 2.07 bits per heavy atom. The lowest BCUT2D eigenvalue weighted by atomic mass is 10.1. The van der Waals surface area contributed by atoms with E-state index in [1.165, 1.54) is 18.3 Å². The molecule has 0 aliphatic heterocycles. The summed E-state index contributed by atoms with van der Waals surface area (Å²) in [5, 5.41) is 8.73. The standard InChI is InChI=1S/C10H9N3OS/c1-6(14)7-4-2-3-5-8(7)9-12-13-10(11)15-9/h2-5H,1H3,(H2,11,13). The third kappa shape index (κ3) is 1.87. The van der Waals surface area contributed by atoms with Gasteiger partial charge in [0.05, 0.1) is 0 Å². The van der Waals surface area contributed by atoms with Gasteiger partial charge in [0.25, 0.3) is 0 Å². The average molecular weight is 219 g/mol. The Morgan fingerprint density at radius 3 is 2.67 bits per heavy atom. The highest BCUT2D eigenvalue weighted by molar-refractivity contribution is 7.18. The molecule has 0 saturated carbocycles. The van der Waals surface area contributed by atoms with Gasteiger partial charge in [-0.3, -0.25) is 4.79 Å². The summed E-state index contributed by atoms with van der Waals surface area (Å²) < 4.78 is 0. The number of anilines is 1. The summed E-state index contributed by atoms with van der Waals surface area (Å²) in [4.78, 5) is 11.4. The predicted molar refractivity (Wildman–Crippen MR) is 59.8 cm³/mol. The van der Waals surface area contributed by atoms with Gasteiger partial charge in [0.2, 0.25) is 5.13 Å². The number of aromatic nitrogens is 2. The zero-order chi connectivity index (χ0) is 10.8. The molecular formula is C10H9N3OS. The molecule has 0 aliphatic rings. The number of Topliss-reactive ketones (excluding diaryl/α,β-unsaturated/α-hetero) is 1. The SMILES string of the molecule is CC(=O)c1ccccc1-c1nnc(N)s1. The van der Waals surface area contributed by atoms with E-state index >= 15 is 0 Å². The van der Waals surface area contributed by atoms with Crippen molar-refractivity contribution in [3.05, 3.63) is 29.8 Å². The average Bonchev–Trinajstić information content (AvgIpc) is 2.65. The van der Waals surface area contributed by atoms with Crippen LogP contribution >= 0.6 is 11.3 Å². The largest absolute Gasteiger partial charge is 0.374 e. The van der Waals surface area contributed by atoms with Crippen LogP contribution in [0.5, 0.6) is 0 Å². The summed E-state index contributed by atoms with van der Waals surface area (Å²) in [5.74, 6) is 0.0133. The third-order valence-corrected chi connectivity index (χ3v) is 2.76. The summed E-state index contributed by atoms with van der Waals surface area (Å²) in [7, 11) is 0. The van der Waals surface area contributed by atoms with Crippen molar-refractivity contribution in [3.63, 3.8) is 0 Å². The van der Waals surface area contributed by atoms with Gasteiger partial charge >= 0.3 is 0 Å².